The van der Waals surface area contributed by atoms with Crippen LogP contribution in [0.1, 0.15) is 67.1 Å². The number of thiophene rings is 1. The van der Waals surface area contributed by atoms with Gasteiger partial charge in [0.1, 0.15) is 0 Å². The Morgan fingerprint density at radius 2 is 1.90 bits per heavy atom. The Hall–Kier alpha value is -2.02. The molecule has 0 spiro atoms. The van der Waals surface area contributed by atoms with E-state index in [9.17, 15) is 19.8 Å². The number of ketones is 1. The van der Waals surface area contributed by atoms with E-state index in [0.29, 0.717) is 17.7 Å². The molecule has 2 rings (SSSR count). The van der Waals surface area contributed by atoms with Gasteiger partial charge in [0, 0.05) is 28.5 Å². The van der Waals surface area contributed by atoms with E-state index in [1.165, 1.54) is 24.5 Å². The van der Waals surface area contributed by atoms with Crippen LogP contribution in [0.15, 0.2) is 30.3 Å². The summed E-state index contributed by atoms with van der Waals surface area (Å²) >= 11 is 1.47. The zero-order chi connectivity index (χ0) is 21.2. The van der Waals surface area contributed by atoms with Crippen LogP contribution in [0.5, 0.6) is 0 Å². The minimum atomic E-state index is -1.07. The Morgan fingerprint density at radius 3 is 2.62 bits per heavy atom. The van der Waals surface area contributed by atoms with Crippen molar-refractivity contribution < 1.29 is 24.5 Å². The van der Waals surface area contributed by atoms with Crippen molar-refractivity contribution in [1.29, 1.82) is 0 Å². The van der Waals surface area contributed by atoms with Crippen LogP contribution in [-0.4, -0.2) is 41.3 Å². The van der Waals surface area contributed by atoms with E-state index in [1.807, 2.05) is 24.3 Å². The molecule has 1 aromatic carbocycles. The molecule has 0 amide bonds. The molecule has 158 valence electrons. The second kappa shape index (κ2) is 11.9. The summed E-state index contributed by atoms with van der Waals surface area (Å²) in [6.07, 6.45) is 5.60. The summed E-state index contributed by atoms with van der Waals surface area (Å²) in [4.78, 5) is 24.6. The average Bonchev–Trinajstić information content (AvgIpc) is 3.10. The standard InChI is InChI=1S/C23H30O5S/c1-3-4-5-10-20(26)23-17(16-9-6-7-12-21(16)29-23)14-15-19(25)18(24)11-8-13-22(27)28-2/h6-7,9,12,14-15,18-19,24-25H,3-5,8,10-11,13H2,1-2H3/b15-14+. The smallest absolute Gasteiger partial charge is 0.305 e. The Kier molecular flexibility index (Phi) is 9.51. The summed E-state index contributed by atoms with van der Waals surface area (Å²) in [6.45, 7) is 2.11. The number of ether oxygens (including phenoxy) is 1. The van der Waals surface area contributed by atoms with Crippen LogP contribution in [-0.2, 0) is 9.53 Å². The summed E-state index contributed by atoms with van der Waals surface area (Å²) in [5, 5.41) is 21.4. The summed E-state index contributed by atoms with van der Waals surface area (Å²) in [6, 6.07) is 7.82. The number of benzene rings is 1. The normalized spacial score (nSPS) is 13.7. The van der Waals surface area contributed by atoms with Gasteiger partial charge in [-0.3, -0.25) is 9.59 Å². The van der Waals surface area contributed by atoms with Crippen LogP contribution in [0.4, 0.5) is 0 Å². The van der Waals surface area contributed by atoms with Gasteiger partial charge in [0.2, 0.25) is 0 Å². The van der Waals surface area contributed by atoms with Crippen molar-refractivity contribution in [3.63, 3.8) is 0 Å². The van der Waals surface area contributed by atoms with E-state index in [1.54, 1.807) is 6.08 Å². The van der Waals surface area contributed by atoms with E-state index in [-0.39, 0.29) is 24.6 Å². The highest BCUT2D eigenvalue weighted by molar-refractivity contribution is 7.21. The first-order valence-corrected chi connectivity index (χ1v) is 11.0. The maximum atomic E-state index is 12.7. The van der Waals surface area contributed by atoms with Crippen molar-refractivity contribution in [1.82, 2.24) is 0 Å². The molecule has 0 bridgehead atoms. The summed E-state index contributed by atoms with van der Waals surface area (Å²) in [7, 11) is 1.32. The highest BCUT2D eigenvalue weighted by Crippen LogP contribution is 2.33. The maximum Gasteiger partial charge on any atom is 0.305 e. The quantitative estimate of drug-likeness (QED) is 0.295. The summed E-state index contributed by atoms with van der Waals surface area (Å²) in [5.41, 5.74) is 0.799. The second-order valence-electron chi connectivity index (χ2n) is 7.11. The molecule has 0 fully saturated rings. The third-order valence-electron chi connectivity index (χ3n) is 4.86. The van der Waals surface area contributed by atoms with Crippen molar-refractivity contribution in [2.75, 3.05) is 7.11 Å². The van der Waals surface area contributed by atoms with Crippen LogP contribution in [0.25, 0.3) is 16.2 Å². The number of carbonyl (C=O) groups is 2. The fourth-order valence-electron chi connectivity index (χ4n) is 3.14. The number of rotatable bonds is 12. The molecule has 2 atom stereocenters. The van der Waals surface area contributed by atoms with Crippen LogP contribution >= 0.6 is 11.3 Å². The van der Waals surface area contributed by atoms with E-state index < -0.39 is 12.2 Å². The minimum Gasteiger partial charge on any atom is -0.469 e. The lowest BCUT2D eigenvalue weighted by molar-refractivity contribution is -0.140. The van der Waals surface area contributed by atoms with Gasteiger partial charge in [-0.1, -0.05) is 50.1 Å². The van der Waals surface area contributed by atoms with Crippen molar-refractivity contribution in [3.8, 4) is 0 Å². The van der Waals surface area contributed by atoms with Crippen molar-refractivity contribution in [2.45, 2.75) is 64.1 Å². The molecule has 2 aromatic rings. The lowest BCUT2D eigenvalue weighted by Crippen LogP contribution is -2.23. The van der Waals surface area contributed by atoms with Crippen LogP contribution in [0, 0.1) is 0 Å². The van der Waals surface area contributed by atoms with E-state index in [2.05, 4.69) is 11.7 Å². The Morgan fingerprint density at radius 1 is 1.14 bits per heavy atom. The van der Waals surface area contributed by atoms with Crippen LogP contribution < -0.4 is 0 Å². The first kappa shape index (κ1) is 23.3. The first-order valence-electron chi connectivity index (χ1n) is 10.1. The molecule has 2 N–H and O–H groups in total. The predicted octanol–water partition coefficient (Wildman–Crippen LogP) is 4.74. The Labute approximate surface area is 176 Å². The van der Waals surface area contributed by atoms with Gasteiger partial charge in [-0.15, -0.1) is 11.3 Å². The van der Waals surface area contributed by atoms with Gasteiger partial charge in [0.25, 0.3) is 0 Å². The first-order chi connectivity index (χ1) is 14.0. The lowest BCUT2D eigenvalue weighted by atomic mass is 10.0. The number of Topliss-reactive ketones (excluding diaryl/α,β-unsaturated/α-hetero) is 1. The van der Waals surface area contributed by atoms with Gasteiger partial charge >= 0.3 is 5.97 Å². The monoisotopic (exact) mass is 418 g/mol. The van der Waals surface area contributed by atoms with Gasteiger partial charge in [-0.05, 0) is 25.3 Å². The fraction of sp³-hybridized carbons (Fsp3) is 0.478. The number of aliphatic hydroxyl groups is 2. The molecule has 0 aliphatic heterocycles. The molecule has 1 heterocycles. The van der Waals surface area contributed by atoms with Gasteiger partial charge in [-0.2, -0.15) is 0 Å². The molecule has 0 saturated heterocycles. The number of unbranched alkanes of at least 4 members (excludes halogenated alkanes) is 2. The zero-order valence-electron chi connectivity index (χ0n) is 17.1. The molecule has 0 aliphatic rings. The third-order valence-corrected chi connectivity index (χ3v) is 6.08. The second-order valence-corrected chi connectivity index (χ2v) is 8.16. The van der Waals surface area contributed by atoms with E-state index in [0.717, 1.165) is 34.9 Å². The number of esters is 1. The number of hydrogen-bond acceptors (Lipinski definition) is 6. The number of carbonyl (C=O) groups excluding carboxylic acids is 2. The van der Waals surface area contributed by atoms with Crippen LogP contribution in [0.3, 0.4) is 0 Å². The zero-order valence-corrected chi connectivity index (χ0v) is 17.9. The van der Waals surface area contributed by atoms with Crippen LogP contribution in [0.2, 0.25) is 0 Å². The minimum absolute atomic E-state index is 0.118. The molecule has 29 heavy (non-hydrogen) atoms. The summed E-state index contributed by atoms with van der Waals surface area (Å²) < 4.78 is 5.60. The van der Waals surface area contributed by atoms with Crippen molar-refractivity contribution >= 4 is 39.3 Å². The molecule has 1 aromatic heterocycles. The highest BCUT2D eigenvalue weighted by Gasteiger charge is 2.18. The molecule has 2 unspecified atom stereocenters. The maximum absolute atomic E-state index is 12.7. The van der Waals surface area contributed by atoms with Gasteiger partial charge in [0.05, 0.1) is 24.2 Å². The number of hydrogen-bond donors (Lipinski definition) is 2. The predicted molar refractivity (Wildman–Crippen MR) is 117 cm³/mol. The molecule has 0 radical (unpaired) electrons. The molecular formula is C23H30O5S. The molecule has 0 aliphatic carbocycles. The largest absolute Gasteiger partial charge is 0.469 e. The molecule has 0 saturated carbocycles. The van der Waals surface area contributed by atoms with E-state index >= 15 is 0 Å². The molecule has 6 heteroatoms. The SMILES string of the molecule is CCCCCC(=O)c1sc2ccccc2c1/C=C/C(O)C(O)CCCC(=O)OC. The molecular weight excluding hydrogens is 388 g/mol. The van der Waals surface area contributed by atoms with Crippen molar-refractivity contribution in [2.24, 2.45) is 0 Å². The highest BCUT2D eigenvalue weighted by atomic mass is 32.1. The molecule has 5 nitrogen and oxygen atoms in total. The Bertz CT molecular complexity index is 839. The number of aliphatic hydroxyl groups excluding tert-OH is 2. The van der Waals surface area contributed by atoms with Crippen molar-refractivity contribution in [3.05, 3.63) is 40.8 Å². The van der Waals surface area contributed by atoms with Gasteiger partial charge in [0.15, 0.2) is 5.78 Å². The number of fused-ring (bicyclic) bond motifs is 1. The van der Waals surface area contributed by atoms with E-state index in [4.69, 9.17) is 0 Å². The lowest BCUT2D eigenvalue weighted by Gasteiger charge is -2.14. The van der Waals surface area contributed by atoms with Gasteiger partial charge < -0.3 is 14.9 Å². The van der Waals surface area contributed by atoms with Gasteiger partial charge in [-0.25, -0.2) is 0 Å². The number of methoxy groups -OCH3 is 1. The topological polar surface area (TPSA) is 83.8 Å². The summed E-state index contributed by atoms with van der Waals surface area (Å²) in [5.74, 6) is -0.217. The Balaban J connectivity index is 2.13. The third kappa shape index (κ3) is 6.77. The average molecular weight is 419 g/mol. The fourth-order valence-corrected chi connectivity index (χ4v) is 4.30.